The van der Waals surface area contributed by atoms with E-state index < -0.39 is 0 Å². The van der Waals surface area contributed by atoms with Gasteiger partial charge in [-0.3, -0.25) is 0 Å². The number of nitriles is 1. The number of nitrogens with zero attached hydrogens (tertiary/aromatic N) is 2. The van der Waals surface area contributed by atoms with E-state index in [1.165, 1.54) is 0 Å². The van der Waals surface area contributed by atoms with Gasteiger partial charge in [0.15, 0.2) is 0 Å². The first-order valence-corrected chi connectivity index (χ1v) is 5.55. The zero-order chi connectivity index (χ0) is 12.1. The minimum absolute atomic E-state index is 0.473. The minimum Gasteiger partial charge on any atom is -0.477 e. The normalized spacial score (nSPS) is 10.2. The highest BCUT2D eigenvalue weighted by atomic mass is 16.5. The van der Waals surface area contributed by atoms with Crippen molar-refractivity contribution in [1.82, 2.24) is 4.98 Å². The minimum atomic E-state index is 0.473. The summed E-state index contributed by atoms with van der Waals surface area (Å²) >= 11 is 0. The van der Waals surface area contributed by atoms with Gasteiger partial charge in [0.05, 0.1) is 6.61 Å². The van der Waals surface area contributed by atoms with E-state index in [0.717, 1.165) is 17.7 Å². The molecule has 0 saturated carbocycles. The summed E-state index contributed by atoms with van der Waals surface area (Å²) in [6.45, 7) is 8.71. The highest BCUT2D eigenvalue weighted by Crippen LogP contribution is 2.20. The Morgan fingerprint density at radius 1 is 1.44 bits per heavy atom. The molecule has 0 aromatic carbocycles. The summed E-state index contributed by atoms with van der Waals surface area (Å²) < 4.78 is 5.57. The quantitative estimate of drug-likeness (QED) is 0.780. The van der Waals surface area contributed by atoms with Crippen LogP contribution in [0.4, 0.5) is 0 Å². The SMILES string of the molecule is Cc1cc(C)c(C#N)c(OCCC(C)C)n1. The maximum atomic E-state index is 9.03. The van der Waals surface area contributed by atoms with Crippen LogP contribution in [0, 0.1) is 31.1 Å². The lowest BCUT2D eigenvalue weighted by Crippen LogP contribution is -2.05. The lowest BCUT2D eigenvalue weighted by molar-refractivity contribution is 0.278. The van der Waals surface area contributed by atoms with E-state index in [2.05, 4.69) is 24.9 Å². The van der Waals surface area contributed by atoms with Gasteiger partial charge in [-0.1, -0.05) is 13.8 Å². The van der Waals surface area contributed by atoms with Crippen molar-refractivity contribution in [2.24, 2.45) is 5.92 Å². The van der Waals surface area contributed by atoms with Crippen molar-refractivity contribution in [2.45, 2.75) is 34.1 Å². The second-order valence-corrected chi connectivity index (χ2v) is 4.40. The predicted molar refractivity (Wildman–Crippen MR) is 63.4 cm³/mol. The number of aromatic nitrogens is 1. The fourth-order valence-electron chi connectivity index (χ4n) is 1.43. The van der Waals surface area contributed by atoms with Crippen LogP contribution in [0.15, 0.2) is 6.07 Å². The number of hydrogen-bond acceptors (Lipinski definition) is 3. The number of ether oxygens (including phenoxy) is 1. The van der Waals surface area contributed by atoms with Crippen molar-refractivity contribution in [2.75, 3.05) is 6.61 Å². The van der Waals surface area contributed by atoms with Crippen LogP contribution in [-0.4, -0.2) is 11.6 Å². The first kappa shape index (κ1) is 12.5. The van der Waals surface area contributed by atoms with Gasteiger partial charge in [-0.15, -0.1) is 0 Å². The van der Waals surface area contributed by atoms with Crippen molar-refractivity contribution >= 4 is 0 Å². The van der Waals surface area contributed by atoms with Crippen LogP contribution < -0.4 is 4.74 Å². The highest BCUT2D eigenvalue weighted by molar-refractivity contribution is 5.45. The van der Waals surface area contributed by atoms with Crippen molar-refractivity contribution in [3.8, 4) is 11.9 Å². The third-order valence-corrected chi connectivity index (χ3v) is 2.36. The van der Waals surface area contributed by atoms with E-state index in [0.29, 0.717) is 24.0 Å². The van der Waals surface area contributed by atoms with Gasteiger partial charge in [-0.2, -0.15) is 5.26 Å². The van der Waals surface area contributed by atoms with Crippen molar-refractivity contribution in [3.05, 3.63) is 22.9 Å². The fourth-order valence-corrected chi connectivity index (χ4v) is 1.43. The molecule has 3 heteroatoms. The van der Waals surface area contributed by atoms with Gasteiger partial charge in [0.25, 0.3) is 0 Å². The van der Waals surface area contributed by atoms with Crippen LogP contribution in [0.3, 0.4) is 0 Å². The maximum Gasteiger partial charge on any atom is 0.232 e. The molecule has 0 fully saturated rings. The Kier molecular flexibility index (Phi) is 4.30. The predicted octanol–water partition coefficient (Wildman–Crippen LogP) is 3.00. The zero-order valence-electron chi connectivity index (χ0n) is 10.4. The zero-order valence-corrected chi connectivity index (χ0v) is 10.4. The first-order valence-electron chi connectivity index (χ1n) is 5.55. The molecular formula is C13H18N2O. The lowest BCUT2D eigenvalue weighted by atomic mass is 10.1. The largest absolute Gasteiger partial charge is 0.477 e. The number of rotatable bonds is 4. The summed E-state index contributed by atoms with van der Waals surface area (Å²) in [4.78, 5) is 4.26. The van der Waals surface area contributed by atoms with Gasteiger partial charge in [0.1, 0.15) is 11.6 Å². The van der Waals surface area contributed by atoms with Gasteiger partial charge < -0.3 is 4.74 Å². The molecule has 1 rings (SSSR count). The summed E-state index contributed by atoms with van der Waals surface area (Å²) in [5.74, 6) is 1.07. The van der Waals surface area contributed by atoms with Gasteiger partial charge >= 0.3 is 0 Å². The van der Waals surface area contributed by atoms with Crippen molar-refractivity contribution in [1.29, 1.82) is 5.26 Å². The van der Waals surface area contributed by atoms with Crippen LogP contribution in [-0.2, 0) is 0 Å². The van der Waals surface area contributed by atoms with Gasteiger partial charge in [0, 0.05) is 5.69 Å². The Morgan fingerprint density at radius 3 is 2.69 bits per heavy atom. The molecule has 3 nitrogen and oxygen atoms in total. The van der Waals surface area contributed by atoms with E-state index in [9.17, 15) is 0 Å². The third-order valence-electron chi connectivity index (χ3n) is 2.36. The smallest absolute Gasteiger partial charge is 0.232 e. The Balaban J connectivity index is 2.82. The number of hydrogen-bond donors (Lipinski definition) is 0. The summed E-state index contributed by atoms with van der Waals surface area (Å²) in [5.41, 5.74) is 2.36. The second-order valence-electron chi connectivity index (χ2n) is 4.40. The van der Waals surface area contributed by atoms with Crippen LogP contribution in [0.5, 0.6) is 5.88 Å². The molecule has 0 amide bonds. The van der Waals surface area contributed by atoms with E-state index in [1.54, 1.807) is 0 Å². The Morgan fingerprint density at radius 2 is 2.12 bits per heavy atom. The molecule has 1 aromatic rings. The van der Waals surface area contributed by atoms with Crippen molar-refractivity contribution in [3.63, 3.8) is 0 Å². The molecule has 1 aromatic heterocycles. The summed E-state index contributed by atoms with van der Waals surface area (Å²) in [6, 6.07) is 4.04. The van der Waals surface area contributed by atoms with Gasteiger partial charge in [-0.25, -0.2) is 4.98 Å². The second kappa shape index (κ2) is 5.50. The van der Waals surface area contributed by atoms with Crippen LogP contribution in [0.1, 0.15) is 37.1 Å². The maximum absolute atomic E-state index is 9.03. The van der Waals surface area contributed by atoms with E-state index in [1.807, 2.05) is 19.9 Å². The fraction of sp³-hybridized carbons (Fsp3) is 0.538. The molecule has 0 saturated heterocycles. The summed E-state index contributed by atoms with van der Waals surface area (Å²) in [7, 11) is 0. The molecule has 0 spiro atoms. The summed E-state index contributed by atoms with van der Waals surface area (Å²) in [6.07, 6.45) is 0.972. The molecule has 0 N–H and O–H groups in total. The molecule has 0 bridgehead atoms. The molecule has 0 aliphatic rings. The van der Waals surface area contributed by atoms with E-state index in [4.69, 9.17) is 10.00 Å². The average Bonchev–Trinajstić information content (AvgIpc) is 2.16. The third kappa shape index (κ3) is 3.23. The first-order chi connectivity index (χ1) is 7.54. The highest BCUT2D eigenvalue weighted by Gasteiger charge is 2.09. The molecule has 0 aliphatic carbocycles. The monoisotopic (exact) mass is 218 g/mol. The van der Waals surface area contributed by atoms with Crippen LogP contribution in [0.2, 0.25) is 0 Å². The standard InChI is InChI=1S/C13H18N2O/c1-9(2)5-6-16-13-12(8-14)10(3)7-11(4)15-13/h7,9H,5-6H2,1-4H3. The molecule has 86 valence electrons. The molecule has 1 heterocycles. The number of pyridine rings is 1. The van der Waals surface area contributed by atoms with Gasteiger partial charge in [0.2, 0.25) is 5.88 Å². The Bertz CT molecular complexity index is 405. The molecule has 0 unspecified atom stereocenters. The molecule has 0 atom stereocenters. The Hall–Kier alpha value is -1.56. The van der Waals surface area contributed by atoms with Crippen LogP contribution >= 0.6 is 0 Å². The van der Waals surface area contributed by atoms with E-state index >= 15 is 0 Å². The lowest BCUT2D eigenvalue weighted by Gasteiger charge is -2.10. The topological polar surface area (TPSA) is 45.9 Å². The Labute approximate surface area is 97.1 Å². The van der Waals surface area contributed by atoms with Crippen LogP contribution in [0.25, 0.3) is 0 Å². The molecular weight excluding hydrogens is 200 g/mol. The van der Waals surface area contributed by atoms with Gasteiger partial charge in [-0.05, 0) is 37.8 Å². The average molecular weight is 218 g/mol. The molecule has 0 radical (unpaired) electrons. The molecule has 16 heavy (non-hydrogen) atoms. The number of aryl methyl sites for hydroxylation is 2. The van der Waals surface area contributed by atoms with Crippen molar-refractivity contribution < 1.29 is 4.74 Å². The van der Waals surface area contributed by atoms with E-state index in [-0.39, 0.29) is 0 Å². The molecule has 0 aliphatic heterocycles. The summed E-state index contributed by atoms with van der Waals surface area (Å²) in [5, 5.41) is 9.03.